The van der Waals surface area contributed by atoms with Crippen molar-refractivity contribution in [2.75, 3.05) is 18.0 Å². The molecule has 0 bridgehead atoms. The van der Waals surface area contributed by atoms with E-state index in [1.165, 1.54) is 0 Å². The number of carbonyl (C=O) groups is 2. The largest absolute Gasteiger partial charge is 0.480 e. The van der Waals surface area contributed by atoms with E-state index in [9.17, 15) is 9.59 Å². The van der Waals surface area contributed by atoms with E-state index < -0.39 is 11.9 Å². The van der Waals surface area contributed by atoms with Crippen LogP contribution in [0.1, 0.15) is 47.8 Å². The third kappa shape index (κ3) is 3.51. The van der Waals surface area contributed by atoms with Gasteiger partial charge >= 0.3 is 5.97 Å². The summed E-state index contributed by atoms with van der Waals surface area (Å²) in [6.07, 6.45) is 4.69. The summed E-state index contributed by atoms with van der Waals surface area (Å²) in [6, 6.07) is 1.80. The standard InChI is InChI=1S/C15H21N3O3/c1-2-7-18(9-13(19)20)15-11(14(16)21)8-10-5-3-4-6-12(10)17-15/h8H,2-7,9H2,1H3,(H2,16,21)(H,19,20). The van der Waals surface area contributed by atoms with Gasteiger partial charge in [-0.1, -0.05) is 6.92 Å². The Balaban J connectivity index is 2.47. The lowest BCUT2D eigenvalue weighted by atomic mass is 9.94. The number of aromatic nitrogens is 1. The zero-order valence-electron chi connectivity index (χ0n) is 12.3. The van der Waals surface area contributed by atoms with Gasteiger partial charge in [-0.05, 0) is 43.7 Å². The second-order valence-electron chi connectivity index (χ2n) is 5.35. The first kappa shape index (κ1) is 15.3. The van der Waals surface area contributed by atoms with Crippen LogP contribution in [0.25, 0.3) is 0 Å². The summed E-state index contributed by atoms with van der Waals surface area (Å²) >= 11 is 0. The fourth-order valence-electron chi connectivity index (χ4n) is 2.74. The normalized spacial score (nSPS) is 13.6. The molecular weight excluding hydrogens is 270 g/mol. The first-order valence-electron chi connectivity index (χ1n) is 7.32. The summed E-state index contributed by atoms with van der Waals surface area (Å²) in [4.78, 5) is 28.9. The van der Waals surface area contributed by atoms with Crippen molar-refractivity contribution >= 4 is 17.7 Å². The molecule has 1 amide bonds. The molecule has 0 aliphatic heterocycles. The molecule has 0 aromatic carbocycles. The molecule has 0 spiro atoms. The van der Waals surface area contributed by atoms with E-state index in [2.05, 4.69) is 4.98 Å². The molecule has 2 rings (SSSR count). The fraction of sp³-hybridized carbons (Fsp3) is 0.533. The van der Waals surface area contributed by atoms with Gasteiger partial charge in [0, 0.05) is 12.2 Å². The molecule has 6 heteroatoms. The monoisotopic (exact) mass is 291 g/mol. The summed E-state index contributed by atoms with van der Waals surface area (Å²) < 4.78 is 0. The number of pyridine rings is 1. The lowest BCUT2D eigenvalue weighted by molar-refractivity contribution is -0.135. The topological polar surface area (TPSA) is 96.5 Å². The smallest absolute Gasteiger partial charge is 0.323 e. The maximum atomic E-state index is 11.7. The average molecular weight is 291 g/mol. The Bertz CT molecular complexity index is 557. The molecule has 1 aromatic rings. The van der Waals surface area contributed by atoms with E-state index >= 15 is 0 Å². The second kappa shape index (κ2) is 6.56. The van der Waals surface area contributed by atoms with E-state index in [1.54, 1.807) is 11.0 Å². The van der Waals surface area contributed by atoms with E-state index in [4.69, 9.17) is 10.8 Å². The van der Waals surface area contributed by atoms with Crippen LogP contribution in [0.2, 0.25) is 0 Å². The number of amides is 1. The maximum Gasteiger partial charge on any atom is 0.323 e. The number of nitrogens with zero attached hydrogens (tertiary/aromatic N) is 2. The molecule has 114 valence electrons. The molecule has 3 N–H and O–H groups in total. The molecule has 0 unspecified atom stereocenters. The minimum Gasteiger partial charge on any atom is -0.480 e. The van der Waals surface area contributed by atoms with Gasteiger partial charge in [0.05, 0.1) is 5.56 Å². The van der Waals surface area contributed by atoms with Crippen LogP contribution in [-0.4, -0.2) is 35.1 Å². The van der Waals surface area contributed by atoms with Crippen LogP contribution in [0.4, 0.5) is 5.82 Å². The Labute approximate surface area is 124 Å². The van der Waals surface area contributed by atoms with Gasteiger partial charge in [0.2, 0.25) is 0 Å². The lowest BCUT2D eigenvalue weighted by Crippen LogP contribution is -2.34. The minimum atomic E-state index is -0.946. The highest BCUT2D eigenvalue weighted by molar-refractivity contribution is 5.98. The van der Waals surface area contributed by atoms with Crippen molar-refractivity contribution in [3.05, 3.63) is 22.9 Å². The van der Waals surface area contributed by atoms with Crippen molar-refractivity contribution in [2.24, 2.45) is 5.73 Å². The van der Waals surface area contributed by atoms with Gasteiger partial charge in [-0.2, -0.15) is 0 Å². The highest BCUT2D eigenvalue weighted by Gasteiger charge is 2.22. The van der Waals surface area contributed by atoms with E-state index in [-0.39, 0.29) is 6.54 Å². The van der Waals surface area contributed by atoms with Gasteiger partial charge in [0.15, 0.2) is 0 Å². The Kier molecular flexibility index (Phi) is 4.77. The van der Waals surface area contributed by atoms with Gasteiger partial charge in [-0.3, -0.25) is 9.59 Å². The van der Waals surface area contributed by atoms with E-state index in [0.717, 1.165) is 43.4 Å². The van der Waals surface area contributed by atoms with Crippen LogP contribution in [-0.2, 0) is 17.6 Å². The summed E-state index contributed by atoms with van der Waals surface area (Å²) in [6.45, 7) is 2.30. The molecule has 0 saturated carbocycles. The number of anilines is 1. The molecule has 0 saturated heterocycles. The molecule has 1 aromatic heterocycles. The molecule has 1 aliphatic rings. The first-order valence-corrected chi connectivity index (χ1v) is 7.32. The molecule has 0 atom stereocenters. The summed E-state index contributed by atoms with van der Waals surface area (Å²) in [5.41, 5.74) is 7.81. The van der Waals surface area contributed by atoms with Crippen LogP contribution in [0.15, 0.2) is 6.07 Å². The highest BCUT2D eigenvalue weighted by atomic mass is 16.4. The third-order valence-corrected chi connectivity index (χ3v) is 3.67. The van der Waals surface area contributed by atoms with E-state index in [0.29, 0.717) is 17.9 Å². The van der Waals surface area contributed by atoms with Crippen LogP contribution in [0.3, 0.4) is 0 Å². The molecule has 1 aliphatic carbocycles. The van der Waals surface area contributed by atoms with Gasteiger partial charge in [-0.15, -0.1) is 0 Å². The second-order valence-corrected chi connectivity index (χ2v) is 5.35. The number of nitrogens with two attached hydrogens (primary N) is 1. The third-order valence-electron chi connectivity index (χ3n) is 3.67. The van der Waals surface area contributed by atoms with Crippen molar-refractivity contribution < 1.29 is 14.7 Å². The Hall–Kier alpha value is -2.11. The van der Waals surface area contributed by atoms with Crippen LogP contribution in [0, 0.1) is 0 Å². The van der Waals surface area contributed by atoms with Crippen LogP contribution >= 0.6 is 0 Å². The lowest BCUT2D eigenvalue weighted by Gasteiger charge is -2.25. The average Bonchev–Trinajstić information content (AvgIpc) is 2.45. The SMILES string of the molecule is CCCN(CC(=O)O)c1nc2c(cc1C(N)=O)CCCC2. The maximum absolute atomic E-state index is 11.7. The van der Waals surface area contributed by atoms with Gasteiger partial charge < -0.3 is 15.7 Å². The summed E-state index contributed by atoms with van der Waals surface area (Å²) in [5, 5.41) is 9.05. The number of aliphatic carboxylic acids is 1. The van der Waals surface area contributed by atoms with Crippen molar-refractivity contribution in [1.82, 2.24) is 4.98 Å². The molecule has 0 radical (unpaired) electrons. The van der Waals surface area contributed by atoms with Crippen molar-refractivity contribution in [3.63, 3.8) is 0 Å². The van der Waals surface area contributed by atoms with Gasteiger partial charge in [-0.25, -0.2) is 4.98 Å². The zero-order chi connectivity index (χ0) is 15.4. The molecule has 1 heterocycles. The van der Waals surface area contributed by atoms with Crippen LogP contribution < -0.4 is 10.6 Å². The van der Waals surface area contributed by atoms with Crippen molar-refractivity contribution in [1.29, 1.82) is 0 Å². The zero-order valence-corrected chi connectivity index (χ0v) is 12.3. The number of rotatable bonds is 6. The Morgan fingerprint density at radius 1 is 1.38 bits per heavy atom. The number of carboxylic acids is 1. The number of aryl methyl sites for hydroxylation is 2. The van der Waals surface area contributed by atoms with Gasteiger partial charge in [0.25, 0.3) is 5.91 Å². The minimum absolute atomic E-state index is 0.181. The van der Waals surface area contributed by atoms with Crippen molar-refractivity contribution in [2.45, 2.75) is 39.0 Å². The quantitative estimate of drug-likeness (QED) is 0.825. The number of carboxylic acid groups (broad SMARTS) is 1. The number of primary amides is 1. The summed E-state index contributed by atoms with van der Waals surface area (Å²) in [5.74, 6) is -1.09. The number of carbonyl (C=O) groups excluding carboxylic acids is 1. The van der Waals surface area contributed by atoms with E-state index in [1.807, 2.05) is 6.92 Å². The molecule has 6 nitrogen and oxygen atoms in total. The Morgan fingerprint density at radius 2 is 2.10 bits per heavy atom. The molecule has 0 fully saturated rings. The predicted molar refractivity (Wildman–Crippen MR) is 79.5 cm³/mol. The fourth-order valence-corrected chi connectivity index (χ4v) is 2.74. The van der Waals surface area contributed by atoms with Gasteiger partial charge in [0.1, 0.15) is 12.4 Å². The van der Waals surface area contributed by atoms with Crippen molar-refractivity contribution in [3.8, 4) is 0 Å². The van der Waals surface area contributed by atoms with Crippen LogP contribution in [0.5, 0.6) is 0 Å². The summed E-state index contributed by atoms with van der Waals surface area (Å²) in [7, 11) is 0. The number of hydrogen-bond donors (Lipinski definition) is 2. The number of hydrogen-bond acceptors (Lipinski definition) is 4. The molecular formula is C15H21N3O3. The highest BCUT2D eigenvalue weighted by Crippen LogP contribution is 2.26. The molecule has 21 heavy (non-hydrogen) atoms. The first-order chi connectivity index (χ1) is 10.0. The number of fused-ring (bicyclic) bond motifs is 1. The predicted octanol–water partition coefficient (Wildman–Crippen LogP) is 1.36. The Morgan fingerprint density at radius 3 is 2.71 bits per heavy atom.